The first-order valence-corrected chi connectivity index (χ1v) is 8.75. The summed E-state index contributed by atoms with van der Waals surface area (Å²) in [6, 6.07) is 7.46. The number of fused-ring (bicyclic) bond motifs is 1. The van der Waals surface area contributed by atoms with E-state index in [0.717, 1.165) is 43.0 Å². The normalized spacial score (nSPS) is 17.8. The van der Waals surface area contributed by atoms with Crippen LogP contribution in [0.1, 0.15) is 18.4 Å². The third-order valence-electron chi connectivity index (χ3n) is 4.57. The molecule has 1 aliphatic rings. The standard InChI is InChI=1S/C18H19F3N6/c19-18(20,21)13-9-24-17(25-11-4-3-7-22-8-11)27-16(13)26-15-10-23-14-6-2-1-5-12(14)15/h1-2,5-6,9-11,22-23H,3-4,7-8H2,(H2,24,25,26,27)/t11-/m0/s1. The van der Waals surface area contributed by atoms with Gasteiger partial charge in [-0.15, -0.1) is 0 Å². The number of nitrogens with zero attached hydrogens (tertiary/aromatic N) is 2. The monoisotopic (exact) mass is 376 g/mol. The number of alkyl halides is 3. The minimum absolute atomic E-state index is 0.0939. The molecule has 0 amide bonds. The number of H-pyrrole nitrogens is 1. The Balaban J connectivity index is 1.66. The Kier molecular flexibility index (Phi) is 4.61. The number of nitrogens with one attached hydrogen (secondary N) is 4. The van der Waals surface area contributed by atoms with Crippen molar-refractivity contribution in [1.29, 1.82) is 0 Å². The van der Waals surface area contributed by atoms with E-state index in [4.69, 9.17) is 0 Å². The smallest absolute Gasteiger partial charge is 0.359 e. The van der Waals surface area contributed by atoms with Crippen LogP contribution in [0, 0.1) is 0 Å². The van der Waals surface area contributed by atoms with Crippen molar-refractivity contribution in [2.24, 2.45) is 0 Å². The number of anilines is 3. The first-order chi connectivity index (χ1) is 13.0. The molecule has 1 fully saturated rings. The molecule has 1 aromatic carbocycles. The lowest BCUT2D eigenvalue weighted by atomic mass is 10.1. The second-order valence-electron chi connectivity index (χ2n) is 6.51. The fraction of sp³-hybridized carbons (Fsp3) is 0.333. The van der Waals surface area contributed by atoms with Crippen LogP contribution in [0.5, 0.6) is 0 Å². The van der Waals surface area contributed by atoms with Gasteiger partial charge >= 0.3 is 6.18 Å². The summed E-state index contributed by atoms with van der Waals surface area (Å²) in [5.74, 6) is -0.0902. The molecule has 3 aromatic rings. The predicted octanol–water partition coefficient (Wildman–Crippen LogP) is 3.88. The molecule has 2 aromatic heterocycles. The molecule has 9 heteroatoms. The zero-order valence-corrected chi connectivity index (χ0v) is 14.4. The average Bonchev–Trinajstić information content (AvgIpc) is 3.05. The highest BCUT2D eigenvalue weighted by atomic mass is 19.4. The van der Waals surface area contributed by atoms with Crippen LogP contribution in [0.3, 0.4) is 0 Å². The van der Waals surface area contributed by atoms with Crippen LogP contribution in [0.15, 0.2) is 36.7 Å². The van der Waals surface area contributed by atoms with Gasteiger partial charge in [0.1, 0.15) is 11.4 Å². The van der Waals surface area contributed by atoms with E-state index in [-0.39, 0.29) is 17.8 Å². The molecule has 0 bridgehead atoms. The predicted molar refractivity (Wildman–Crippen MR) is 98.1 cm³/mol. The minimum atomic E-state index is -4.56. The Labute approximate surface area is 153 Å². The average molecular weight is 376 g/mol. The highest BCUT2D eigenvalue weighted by molar-refractivity contribution is 5.94. The molecule has 142 valence electrons. The first-order valence-electron chi connectivity index (χ1n) is 8.75. The summed E-state index contributed by atoms with van der Waals surface area (Å²) < 4.78 is 40.3. The fourth-order valence-corrected chi connectivity index (χ4v) is 3.21. The van der Waals surface area contributed by atoms with Crippen LogP contribution >= 0.6 is 0 Å². The van der Waals surface area contributed by atoms with Gasteiger partial charge in [0.15, 0.2) is 0 Å². The molecule has 3 heterocycles. The summed E-state index contributed by atoms with van der Waals surface area (Å²) >= 11 is 0. The lowest BCUT2D eigenvalue weighted by Gasteiger charge is -2.24. The van der Waals surface area contributed by atoms with E-state index in [1.807, 2.05) is 24.3 Å². The molecule has 4 rings (SSSR count). The molecule has 0 spiro atoms. The summed E-state index contributed by atoms with van der Waals surface area (Å²) in [5.41, 5.74) is 0.453. The molecule has 6 nitrogen and oxygen atoms in total. The second-order valence-corrected chi connectivity index (χ2v) is 6.51. The van der Waals surface area contributed by atoms with Gasteiger partial charge in [-0.05, 0) is 25.5 Å². The summed E-state index contributed by atoms with van der Waals surface area (Å²) in [7, 11) is 0. The molecular formula is C18H19F3N6. The van der Waals surface area contributed by atoms with Crippen molar-refractivity contribution in [3.63, 3.8) is 0 Å². The van der Waals surface area contributed by atoms with E-state index in [9.17, 15) is 13.2 Å². The Morgan fingerprint density at radius 2 is 2.04 bits per heavy atom. The third-order valence-corrected chi connectivity index (χ3v) is 4.57. The van der Waals surface area contributed by atoms with Gasteiger partial charge in [0, 0.05) is 35.9 Å². The lowest BCUT2D eigenvalue weighted by Crippen LogP contribution is -2.38. The largest absolute Gasteiger partial charge is 0.421 e. The van der Waals surface area contributed by atoms with Crippen molar-refractivity contribution in [2.45, 2.75) is 25.1 Å². The van der Waals surface area contributed by atoms with Crippen LogP contribution in [0.4, 0.5) is 30.6 Å². The first kappa shape index (κ1) is 17.6. The zero-order valence-electron chi connectivity index (χ0n) is 14.4. The maximum atomic E-state index is 13.4. The molecule has 1 aliphatic heterocycles. The van der Waals surface area contributed by atoms with Crippen molar-refractivity contribution in [2.75, 3.05) is 23.7 Å². The van der Waals surface area contributed by atoms with Gasteiger partial charge in [-0.3, -0.25) is 0 Å². The van der Waals surface area contributed by atoms with Crippen molar-refractivity contribution >= 4 is 28.4 Å². The molecule has 0 aliphatic carbocycles. The number of aromatic amines is 1. The molecule has 0 radical (unpaired) electrons. The molecule has 1 atom stereocenters. The number of piperidine rings is 1. The van der Waals surface area contributed by atoms with Gasteiger partial charge in [-0.2, -0.15) is 18.2 Å². The number of rotatable bonds is 4. The minimum Gasteiger partial charge on any atom is -0.359 e. The number of halogens is 3. The van der Waals surface area contributed by atoms with E-state index in [2.05, 4.69) is 30.9 Å². The van der Waals surface area contributed by atoms with E-state index in [1.54, 1.807) is 6.20 Å². The molecule has 27 heavy (non-hydrogen) atoms. The Morgan fingerprint density at radius 3 is 2.81 bits per heavy atom. The molecular weight excluding hydrogens is 357 g/mol. The number of hydrogen-bond donors (Lipinski definition) is 4. The van der Waals surface area contributed by atoms with E-state index >= 15 is 0 Å². The molecule has 0 unspecified atom stereocenters. The van der Waals surface area contributed by atoms with Crippen molar-refractivity contribution in [3.05, 3.63) is 42.2 Å². The topological polar surface area (TPSA) is 77.7 Å². The Bertz CT molecular complexity index is 930. The van der Waals surface area contributed by atoms with Gasteiger partial charge in [0.2, 0.25) is 5.95 Å². The van der Waals surface area contributed by atoms with E-state index in [1.165, 1.54) is 0 Å². The van der Waals surface area contributed by atoms with Crippen LogP contribution in [-0.2, 0) is 6.18 Å². The number of hydrogen-bond acceptors (Lipinski definition) is 5. The van der Waals surface area contributed by atoms with Crippen LogP contribution in [-0.4, -0.2) is 34.1 Å². The summed E-state index contributed by atoms with van der Waals surface area (Å²) in [4.78, 5) is 11.0. The second kappa shape index (κ2) is 7.07. The Morgan fingerprint density at radius 1 is 1.19 bits per heavy atom. The van der Waals surface area contributed by atoms with Crippen LogP contribution in [0.2, 0.25) is 0 Å². The van der Waals surface area contributed by atoms with Gasteiger partial charge in [-0.25, -0.2) is 4.98 Å². The van der Waals surface area contributed by atoms with Gasteiger partial charge in [0.05, 0.1) is 5.69 Å². The number of benzene rings is 1. The highest BCUT2D eigenvalue weighted by Crippen LogP contribution is 2.36. The summed E-state index contributed by atoms with van der Waals surface area (Å²) in [5, 5.41) is 9.97. The van der Waals surface area contributed by atoms with Gasteiger partial charge in [-0.1, -0.05) is 18.2 Å². The van der Waals surface area contributed by atoms with E-state index < -0.39 is 11.7 Å². The number of aromatic nitrogens is 3. The van der Waals surface area contributed by atoms with Crippen molar-refractivity contribution < 1.29 is 13.2 Å². The van der Waals surface area contributed by atoms with Crippen molar-refractivity contribution in [1.82, 2.24) is 20.3 Å². The van der Waals surface area contributed by atoms with Gasteiger partial charge in [0.25, 0.3) is 0 Å². The lowest BCUT2D eigenvalue weighted by molar-refractivity contribution is -0.137. The van der Waals surface area contributed by atoms with Crippen molar-refractivity contribution in [3.8, 4) is 0 Å². The van der Waals surface area contributed by atoms with Crippen LogP contribution < -0.4 is 16.0 Å². The molecule has 0 saturated carbocycles. The SMILES string of the molecule is FC(F)(F)c1cnc(N[C@H]2CCCNC2)nc1Nc1c[nH]c2ccccc12. The third kappa shape index (κ3) is 3.82. The van der Waals surface area contributed by atoms with Crippen LogP contribution in [0.25, 0.3) is 10.9 Å². The van der Waals surface area contributed by atoms with E-state index in [0.29, 0.717) is 5.69 Å². The maximum Gasteiger partial charge on any atom is 0.421 e. The Hall–Kier alpha value is -2.81. The highest BCUT2D eigenvalue weighted by Gasteiger charge is 2.35. The number of para-hydroxylation sites is 1. The fourth-order valence-electron chi connectivity index (χ4n) is 3.21. The quantitative estimate of drug-likeness (QED) is 0.556. The molecule has 1 saturated heterocycles. The molecule has 4 N–H and O–H groups in total. The summed E-state index contributed by atoms with van der Waals surface area (Å²) in [6.45, 7) is 1.68. The maximum absolute atomic E-state index is 13.4. The van der Waals surface area contributed by atoms with Gasteiger partial charge < -0.3 is 20.9 Å². The summed E-state index contributed by atoms with van der Waals surface area (Å²) in [6.07, 6.45) is -0.186. The zero-order chi connectivity index (χ0) is 18.9.